The van der Waals surface area contributed by atoms with Crippen molar-refractivity contribution < 1.29 is 14.7 Å². The summed E-state index contributed by atoms with van der Waals surface area (Å²) in [6.07, 6.45) is 7.02. The summed E-state index contributed by atoms with van der Waals surface area (Å²) in [6.45, 7) is 1.77. The molecule has 6 heteroatoms. The molecule has 0 aromatic carbocycles. The molecule has 1 aromatic heterocycles. The van der Waals surface area contributed by atoms with E-state index in [4.69, 9.17) is 0 Å². The van der Waals surface area contributed by atoms with Crippen LogP contribution in [0.4, 0.5) is 0 Å². The van der Waals surface area contributed by atoms with Gasteiger partial charge in [0.1, 0.15) is 11.5 Å². The van der Waals surface area contributed by atoms with Crippen molar-refractivity contribution in [3.05, 3.63) is 17.7 Å². The number of amides is 1. The second-order valence-electron chi connectivity index (χ2n) is 6.82. The highest BCUT2D eigenvalue weighted by Crippen LogP contribution is 2.44. The molecule has 118 valence electrons. The van der Waals surface area contributed by atoms with E-state index in [9.17, 15) is 14.7 Å². The summed E-state index contributed by atoms with van der Waals surface area (Å²) in [7, 11) is 0. The van der Waals surface area contributed by atoms with Crippen LogP contribution in [-0.2, 0) is 17.8 Å². The van der Waals surface area contributed by atoms with E-state index in [0.717, 1.165) is 44.5 Å². The predicted molar refractivity (Wildman–Crippen MR) is 78.4 cm³/mol. The van der Waals surface area contributed by atoms with E-state index in [1.165, 1.54) is 0 Å². The first-order valence-corrected chi connectivity index (χ1v) is 8.21. The molecule has 1 saturated heterocycles. The molecule has 1 aliphatic carbocycles. The van der Waals surface area contributed by atoms with Gasteiger partial charge in [-0.05, 0) is 37.5 Å². The third-order valence-electron chi connectivity index (χ3n) is 5.39. The summed E-state index contributed by atoms with van der Waals surface area (Å²) in [6, 6.07) is 0. The maximum absolute atomic E-state index is 12.8. The molecule has 0 radical (unpaired) electrons. The lowest BCUT2D eigenvalue weighted by molar-refractivity contribution is -0.142. The molecule has 2 fully saturated rings. The van der Waals surface area contributed by atoms with Gasteiger partial charge in [-0.15, -0.1) is 0 Å². The van der Waals surface area contributed by atoms with Crippen LogP contribution < -0.4 is 0 Å². The average molecular weight is 303 g/mol. The zero-order valence-electron chi connectivity index (χ0n) is 12.6. The van der Waals surface area contributed by atoms with E-state index in [2.05, 4.69) is 4.98 Å². The summed E-state index contributed by atoms with van der Waals surface area (Å²) in [5.41, 5.74) is 0.635. The number of aromatic nitrogens is 2. The molecule has 0 bridgehead atoms. The minimum absolute atomic E-state index is 0.0462. The highest BCUT2D eigenvalue weighted by atomic mass is 16.4. The Kier molecular flexibility index (Phi) is 3.20. The number of aryl methyl sites for hydroxylation is 1. The molecular weight excluding hydrogens is 282 g/mol. The van der Waals surface area contributed by atoms with Gasteiger partial charge in [0.15, 0.2) is 0 Å². The van der Waals surface area contributed by atoms with E-state index in [1.807, 2.05) is 4.57 Å². The zero-order valence-corrected chi connectivity index (χ0v) is 12.6. The highest BCUT2D eigenvalue weighted by Gasteiger charge is 2.47. The number of carboxylic acids is 1. The number of aliphatic carboxylic acids is 1. The van der Waals surface area contributed by atoms with Crippen LogP contribution in [-0.4, -0.2) is 44.5 Å². The maximum atomic E-state index is 12.8. The summed E-state index contributed by atoms with van der Waals surface area (Å²) < 4.78 is 2.02. The zero-order chi connectivity index (χ0) is 15.3. The van der Waals surface area contributed by atoms with Gasteiger partial charge < -0.3 is 14.6 Å². The molecule has 4 rings (SSSR count). The lowest BCUT2D eigenvalue weighted by Crippen LogP contribution is -2.32. The van der Waals surface area contributed by atoms with E-state index >= 15 is 0 Å². The van der Waals surface area contributed by atoms with Crippen molar-refractivity contribution in [3.8, 4) is 0 Å². The summed E-state index contributed by atoms with van der Waals surface area (Å²) in [5, 5.41) is 9.43. The fourth-order valence-corrected chi connectivity index (χ4v) is 4.01. The van der Waals surface area contributed by atoms with Crippen molar-refractivity contribution in [1.29, 1.82) is 0 Å². The number of carbonyl (C=O) groups is 2. The van der Waals surface area contributed by atoms with Crippen LogP contribution in [0, 0.1) is 17.8 Å². The third kappa shape index (κ3) is 2.21. The Morgan fingerprint density at radius 2 is 2.05 bits per heavy atom. The largest absolute Gasteiger partial charge is 0.481 e. The number of carbonyl (C=O) groups excluding carboxylic acids is 1. The number of rotatable bonds is 3. The van der Waals surface area contributed by atoms with Crippen LogP contribution in [0.3, 0.4) is 0 Å². The Bertz CT molecular complexity index is 620. The Hall–Kier alpha value is -1.85. The minimum atomic E-state index is -0.762. The Morgan fingerprint density at radius 3 is 2.77 bits per heavy atom. The number of hydrogen-bond donors (Lipinski definition) is 1. The Morgan fingerprint density at radius 1 is 1.23 bits per heavy atom. The van der Waals surface area contributed by atoms with Gasteiger partial charge in [0.25, 0.3) is 5.91 Å². The normalized spacial score (nSPS) is 27.7. The van der Waals surface area contributed by atoms with Crippen molar-refractivity contribution in [2.75, 3.05) is 13.1 Å². The van der Waals surface area contributed by atoms with Crippen molar-refractivity contribution in [3.63, 3.8) is 0 Å². The lowest BCUT2D eigenvalue weighted by atomic mass is 9.92. The quantitative estimate of drug-likeness (QED) is 0.916. The van der Waals surface area contributed by atoms with E-state index in [0.29, 0.717) is 24.7 Å². The van der Waals surface area contributed by atoms with E-state index < -0.39 is 11.9 Å². The van der Waals surface area contributed by atoms with Crippen LogP contribution in [0.5, 0.6) is 0 Å². The average Bonchev–Trinajstić information content (AvgIpc) is 3.12. The molecule has 1 saturated carbocycles. The number of fused-ring (bicyclic) bond motifs is 1. The number of imidazole rings is 1. The standard InChI is InChI=1S/C16H21N3O3/c20-15(13-7-17-14-3-1-2-6-19(13)14)18-8-11(10-4-5-10)12(9-18)16(21)22/h7,10-12H,1-6,8-9H2,(H,21,22)/t11-,12+/m0/s1. The van der Waals surface area contributed by atoms with Gasteiger partial charge in [0, 0.05) is 26.1 Å². The number of nitrogens with zero attached hydrogens (tertiary/aromatic N) is 3. The first-order chi connectivity index (χ1) is 10.6. The number of likely N-dealkylation sites (tertiary alicyclic amines) is 1. The minimum Gasteiger partial charge on any atom is -0.481 e. The van der Waals surface area contributed by atoms with Crippen LogP contribution in [0.25, 0.3) is 0 Å². The fourth-order valence-electron chi connectivity index (χ4n) is 4.01. The van der Waals surface area contributed by atoms with Crippen molar-refractivity contribution in [2.24, 2.45) is 17.8 Å². The first-order valence-electron chi connectivity index (χ1n) is 8.21. The van der Waals surface area contributed by atoms with Gasteiger partial charge in [-0.25, -0.2) is 4.98 Å². The predicted octanol–water partition coefficient (Wildman–Crippen LogP) is 1.40. The second kappa shape index (κ2) is 5.11. The summed E-state index contributed by atoms with van der Waals surface area (Å²) in [4.78, 5) is 30.4. The molecule has 0 spiro atoms. The SMILES string of the molecule is O=C(O)[C@@H]1CN(C(=O)c2cnc3n2CCCC3)C[C@H]1C1CC1. The molecule has 1 amide bonds. The highest BCUT2D eigenvalue weighted by molar-refractivity contribution is 5.93. The molecule has 0 unspecified atom stereocenters. The topological polar surface area (TPSA) is 75.4 Å². The lowest BCUT2D eigenvalue weighted by Gasteiger charge is -2.20. The van der Waals surface area contributed by atoms with Gasteiger partial charge in [-0.1, -0.05) is 0 Å². The molecule has 6 nitrogen and oxygen atoms in total. The Labute approximate surface area is 129 Å². The van der Waals surface area contributed by atoms with Crippen LogP contribution in [0.1, 0.15) is 42.0 Å². The second-order valence-corrected chi connectivity index (χ2v) is 6.82. The Balaban J connectivity index is 1.56. The molecule has 2 aliphatic heterocycles. The molecular formula is C16H21N3O3. The molecule has 1 N–H and O–H groups in total. The summed E-state index contributed by atoms with van der Waals surface area (Å²) >= 11 is 0. The van der Waals surface area contributed by atoms with E-state index in [1.54, 1.807) is 11.1 Å². The number of carboxylic acid groups (broad SMARTS) is 1. The van der Waals surface area contributed by atoms with Gasteiger partial charge in [-0.2, -0.15) is 0 Å². The van der Waals surface area contributed by atoms with Crippen molar-refractivity contribution in [2.45, 2.75) is 38.6 Å². The molecule has 22 heavy (non-hydrogen) atoms. The molecule has 3 heterocycles. The molecule has 2 atom stereocenters. The van der Waals surface area contributed by atoms with Gasteiger partial charge >= 0.3 is 5.97 Å². The van der Waals surface area contributed by atoms with Crippen LogP contribution >= 0.6 is 0 Å². The smallest absolute Gasteiger partial charge is 0.308 e. The molecule has 3 aliphatic rings. The van der Waals surface area contributed by atoms with Gasteiger partial charge in [-0.3, -0.25) is 9.59 Å². The maximum Gasteiger partial charge on any atom is 0.308 e. The number of hydrogen-bond acceptors (Lipinski definition) is 3. The van der Waals surface area contributed by atoms with Crippen LogP contribution in [0.15, 0.2) is 6.20 Å². The van der Waals surface area contributed by atoms with Crippen molar-refractivity contribution >= 4 is 11.9 Å². The first kappa shape index (κ1) is 13.8. The summed E-state index contributed by atoms with van der Waals surface area (Å²) in [5.74, 6) is 0.406. The monoisotopic (exact) mass is 303 g/mol. The van der Waals surface area contributed by atoms with Gasteiger partial charge in [0.05, 0.1) is 12.1 Å². The van der Waals surface area contributed by atoms with Crippen LogP contribution in [0.2, 0.25) is 0 Å². The molecule has 1 aromatic rings. The van der Waals surface area contributed by atoms with E-state index in [-0.39, 0.29) is 11.8 Å². The van der Waals surface area contributed by atoms with Crippen molar-refractivity contribution in [1.82, 2.24) is 14.5 Å². The third-order valence-corrected chi connectivity index (χ3v) is 5.39. The van der Waals surface area contributed by atoms with Gasteiger partial charge in [0.2, 0.25) is 0 Å². The fraction of sp³-hybridized carbons (Fsp3) is 0.688.